The van der Waals surface area contributed by atoms with Gasteiger partial charge in [0.25, 0.3) is 0 Å². The molecule has 1 heterocycles. The van der Waals surface area contributed by atoms with Gasteiger partial charge in [-0.2, -0.15) is 0 Å². The molecule has 1 nitrogen and oxygen atoms in total. The Morgan fingerprint density at radius 2 is 1.94 bits per heavy atom. The van der Waals surface area contributed by atoms with Gasteiger partial charge in [-0.25, -0.2) is 0 Å². The van der Waals surface area contributed by atoms with Crippen LogP contribution in [0.15, 0.2) is 11.4 Å². The first-order valence-corrected chi connectivity index (χ1v) is 8.06. The van der Waals surface area contributed by atoms with Gasteiger partial charge >= 0.3 is 0 Å². The van der Waals surface area contributed by atoms with Crippen molar-refractivity contribution >= 4 is 11.3 Å². The average molecular weight is 249 g/mol. The van der Waals surface area contributed by atoms with Gasteiger partial charge in [-0.05, 0) is 55.0 Å². The molecule has 2 aliphatic carbocycles. The maximum atomic E-state index is 6.60. The third-order valence-electron chi connectivity index (χ3n) is 4.76. The largest absolute Gasteiger partial charge is 0.327 e. The van der Waals surface area contributed by atoms with Gasteiger partial charge in [0.05, 0.1) is 0 Å². The monoisotopic (exact) mass is 249 g/mol. The maximum absolute atomic E-state index is 6.60. The van der Waals surface area contributed by atoms with E-state index in [-0.39, 0.29) is 0 Å². The van der Waals surface area contributed by atoms with Crippen LogP contribution < -0.4 is 5.73 Å². The summed E-state index contributed by atoms with van der Waals surface area (Å²) >= 11 is 1.94. The van der Waals surface area contributed by atoms with Gasteiger partial charge in [-0.3, -0.25) is 0 Å². The van der Waals surface area contributed by atoms with Crippen LogP contribution in [-0.2, 0) is 6.42 Å². The van der Waals surface area contributed by atoms with E-state index in [9.17, 15) is 0 Å². The first-order chi connectivity index (χ1) is 8.36. The van der Waals surface area contributed by atoms with Crippen LogP contribution in [0.2, 0.25) is 0 Å². The first kappa shape index (κ1) is 11.7. The average Bonchev–Trinajstić information content (AvgIpc) is 2.87. The molecule has 2 N–H and O–H groups in total. The number of rotatable bonds is 2. The highest BCUT2D eigenvalue weighted by Crippen LogP contribution is 2.40. The summed E-state index contributed by atoms with van der Waals surface area (Å²) < 4.78 is 0. The fraction of sp³-hybridized carbons (Fsp3) is 0.733. The number of aryl methyl sites for hydroxylation is 1. The molecule has 0 spiro atoms. The van der Waals surface area contributed by atoms with E-state index in [1.165, 1.54) is 51.4 Å². The molecule has 2 atom stereocenters. The number of nitrogens with two attached hydrogens (primary N) is 1. The SMILES string of the molecule is NC(C1CCCCC1)C1CCCc2sccc21. The number of hydrogen-bond donors (Lipinski definition) is 1. The van der Waals surface area contributed by atoms with E-state index in [1.54, 1.807) is 10.4 Å². The fourth-order valence-electron chi connectivity index (χ4n) is 3.77. The Morgan fingerprint density at radius 1 is 1.12 bits per heavy atom. The summed E-state index contributed by atoms with van der Waals surface area (Å²) in [6.07, 6.45) is 10.9. The fourth-order valence-corrected chi connectivity index (χ4v) is 4.77. The summed E-state index contributed by atoms with van der Waals surface area (Å²) in [4.78, 5) is 1.62. The summed E-state index contributed by atoms with van der Waals surface area (Å²) in [5.74, 6) is 1.45. The Morgan fingerprint density at radius 3 is 2.76 bits per heavy atom. The molecule has 0 saturated heterocycles. The molecule has 0 bridgehead atoms. The molecule has 1 fully saturated rings. The summed E-state index contributed by atoms with van der Waals surface area (Å²) in [6.45, 7) is 0. The number of thiophene rings is 1. The molecule has 17 heavy (non-hydrogen) atoms. The third-order valence-corrected chi connectivity index (χ3v) is 5.75. The molecule has 1 aromatic heterocycles. The zero-order valence-electron chi connectivity index (χ0n) is 10.5. The van der Waals surface area contributed by atoms with Crippen molar-refractivity contribution in [3.8, 4) is 0 Å². The first-order valence-electron chi connectivity index (χ1n) is 7.18. The van der Waals surface area contributed by atoms with Crippen LogP contribution in [0.5, 0.6) is 0 Å². The second-order valence-electron chi connectivity index (χ2n) is 5.77. The molecule has 0 radical (unpaired) electrons. The molecule has 0 amide bonds. The number of hydrogen-bond acceptors (Lipinski definition) is 2. The van der Waals surface area contributed by atoms with Crippen molar-refractivity contribution < 1.29 is 0 Å². The van der Waals surface area contributed by atoms with Crippen LogP contribution in [-0.4, -0.2) is 6.04 Å². The Hall–Kier alpha value is -0.340. The Labute approximate surface area is 108 Å². The Balaban J connectivity index is 1.76. The van der Waals surface area contributed by atoms with Gasteiger partial charge in [0.2, 0.25) is 0 Å². The van der Waals surface area contributed by atoms with Crippen molar-refractivity contribution in [1.29, 1.82) is 0 Å². The molecule has 0 aromatic carbocycles. The second-order valence-corrected chi connectivity index (χ2v) is 6.77. The van der Waals surface area contributed by atoms with Crippen LogP contribution in [0.4, 0.5) is 0 Å². The Kier molecular flexibility index (Phi) is 3.53. The van der Waals surface area contributed by atoms with E-state index in [0.29, 0.717) is 12.0 Å². The van der Waals surface area contributed by atoms with Crippen molar-refractivity contribution in [1.82, 2.24) is 0 Å². The van der Waals surface area contributed by atoms with E-state index >= 15 is 0 Å². The van der Waals surface area contributed by atoms with Crippen molar-refractivity contribution in [3.05, 3.63) is 21.9 Å². The molecular weight excluding hydrogens is 226 g/mol. The van der Waals surface area contributed by atoms with E-state index in [0.717, 1.165) is 5.92 Å². The second kappa shape index (κ2) is 5.11. The lowest BCUT2D eigenvalue weighted by molar-refractivity contribution is 0.266. The van der Waals surface area contributed by atoms with E-state index < -0.39 is 0 Å². The molecule has 2 aliphatic rings. The minimum atomic E-state index is 0.420. The molecule has 2 heteroatoms. The van der Waals surface area contributed by atoms with Gasteiger partial charge in [-0.15, -0.1) is 11.3 Å². The lowest BCUT2D eigenvalue weighted by Gasteiger charge is -2.35. The lowest BCUT2D eigenvalue weighted by Crippen LogP contribution is -2.38. The standard InChI is InChI=1S/C15H23NS/c16-15(11-5-2-1-3-6-11)13-7-4-8-14-12(13)9-10-17-14/h9-11,13,15H,1-8,16H2. The molecule has 3 rings (SSSR count). The normalized spacial score (nSPS) is 27.7. The van der Waals surface area contributed by atoms with Crippen LogP contribution in [0.3, 0.4) is 0 Å². The Bertz CT molecular complexity index is 365. The molecule has 94 valence electrons. The molecule has 1 saturated carbocycles. The summed E-state index contributed by atoms with van der Waals surface area (Å²) in [7, 11) is 0. The van der Waals surface area contributed by atoms with Crippen LogP contribution >= 0.6 is 11.3 Å². The maximum Gasteiger partial charge on any atom is 0.0137 e. The van der Waals surface area contributed by atoms with Crippen molar-refractivity contribution in [2.24, 2.45) is 11.7 Å². The van der Waals surface area contributed by atoms with Crippen LogP contribution in [0.25, 0.3) is 0 Å². The summed E-state index contributed by atoms with van der Waals surface area (Å²) in [5, 5.41) is 2.26. The van der Waals surface area contributed by atoms with Crippen LogP contribution in [0, 0.1) is 5.92 Å². The predicted octanol–water partition coefficient (Wildman–Crippen LogP) is 4.08. The number of fused-ring (bicyclic) bond motifs is 1. The smallest absolute Gasteiger partial charge is 0.0137 e. The highest BCUT2D eigenvalue weighted by molar-refractivity contribution is 7.10. The summed E-state index contributed by atoms with van der Waals surface area (Å²) in [5.41, 5.74) is 8.20. The van der Waals surface area contributed by atoms with Gasteiger partial charge in [0.1, 0.15) is 0 Å². The van der Waals surface area contributed by atoms with Gasteiger partial charge < -0.3 is 5.73 Å². The zero-order chi connectivity index (χ0) is 11.7. The molecular formula is C15H23NS. The molecule has 0 aliphatic heterocycles. The highest BCUT2D eigenvalue weighted by Gasteiger charge is 2.31. The van der Waals surface area contributed by atoms with Gasteiger partial charge in [-0.1, -0.05) is 19.3 Å². The predicted molar refractivity (Wildman–Crippen MR) is 74.5 cm³/mol. The van der Waals surface area contributed by atoms with Crippen molar-refractivity contribution in [2.75, 3.05) is 0 Å². The minimum absolute atomic E-state index is 0.420. The van der Waals surface area contributed by atoms with E-state index in [1.807, 2.05) is 11.3 Å². The van der Waals surface area contributed by atoms with E-state index in [2.05, 4.69) is 11.4 Å². The van der Waals surface area contributed by atoms with Crippen molar-refractivity contribution in [2.45, 2.75) is 63.3 Å². The lowest BCUT2D eigenvalue weighted by atomic mass is 9.73. The minimum Gasteiger partial charge on any atom is -0.327 e. The molecule has 2 unspecified atom stereocenters. The quantitative estimate of drug-likeness (QED) is 0.840. The van der Waals surface area contributed by atoms with E-state index in [4.69, 9.17) is 5.73 Å². The van der Waals surface area contributed by atoms with Crippen LogP contribution in [0.1, 0.15) is 61.3 Å². The van der Waals surface area contributed by atoms with Gasteiger partial charge in [0.15, 0.2) is 0 Å². The zero-order valence-corrected chi connectivity index (χ0v) is 11.3. The van der Waals surface area contributed by atoms with Crippen molar-refractivity contribution in [3.63, 3.8) is 0 Å². The molecule has 1 aromatic rings. The highest BCUT2D eigenvalue weighted by atomic mass is 32.1. The summed E-state index contributed by atoms with van der Waals surface area (Å²) in [6, 6.07) is 2.76. The third kappa shape index (κ3) is 2.30. The van der Waals surface area contributed by atoms with Gasteiger partial charge in [0, 0.05) is 16.8 Å². The topological polar surface area (TPSA) is 26.0 Å².